The summed E-state index contributed by atoms with van der Waals surface area (Å²) in [5.74, 6) is -1.11. The van der Waals surface area contributed by atoms with Crippen molar-refractivity contribution in [2.45, 2.75) is 33.4 Å². The normalized spacial score (nSPS) is 15.8. The lowest BCUT2D eigenvalue weighted by molar-refractivity contribution is -0.141. The van der Waals surface area contributed by atoms with Crippen LogP contribution in [0.5, 0.6) is 0 Å². The molecule has 0 amide bonds. The number of hydrogen-bond donors (Lipinski definition) is 1. The maximum Gasteiger partial charge on any atom is 0.306 e. The third kappa shape index (κ3) is 2.94. The summed E-state index contributed by atoms with van der Waals surface area (Å²) in [5, 5.41) is 10.5. The number of ether oxygens (including phenoxy) is 1. The van der Waals surface area contributed by atoms with Crippen LogP contribution in [-0.2, 0) is 36.1 Å². The van der Waals surface area contributed by atoms with Crippen LogP contribution in [0.4, 0.5) is 0 Å². The molecule has 1 aromatic carbocycles. The number of hydrogen-bond acceptors (Lipinski definition) is 3. The van der Waals surface area contributed by atoms with Crippen LogP contribution in [0.25, 0.3) is 10.9 Å². The van der Waals surface area contributed by atoms with Crippen molar-refractivity contribution in [2.75, 3.05) is 20.3 Å². The second-order valence-corrected chi connectivity index (χ2v) is 6.91. The lowest BCUT2D eigenvalue weighted by Gasteiger charge is -2.13. The Morgan fingerprint density at radius 3 is 2.62 bits per heavy atom. The topological polar surface area (TPSA) is 54.7 Å². The van der Waals surface area contributed by atoms with Gasteiger partial charge in [0.2, 0.25) is 0 Å². The van der Waals surface area contributed by atoms with Crippen molar-refractivity contribution in [3.63, 3.8) is 0 Å². The number of rotatable bonds is 6. The Morgan fingerprint density at radius 1 is 1.33 bits per heavy atom. The van der Waals surface area contributed by atoms with Crippen LogP contribution >= 0.6 is 0 Å². The van der Waals surface area contributed by atoms with E-state index in [0.717, 1.165) is 31.9 Å². The van der Waals surface area contributed by atoms with Crippen molar-refractivity contribution in [2.24, 2.45) is 13.0 Å². The van der Waals surface area contributed by atoms with Gasteiger partial charge in [0.15, 0.2) is 0 Å². The number of carboxylic acids is 1. The Morgan fingerprint density at radius 2 is 2.00 bits per heavy atom. The van der Waals surface area contributed by atoms with Gasteiger partial charge in [-0.15, -0.1) is 0 Å². The van der Waals surface area contributed by atoms with Crippen LogP contribution < -0.4 is 0 Å². The van der Waals surface area contributed by atoms with Crippen molar-refractivity contribution < 1.29 is 14.6 Å². The summed E-state index contributed by atoms with van der Waals surface area (Å²) >= 11 is 0. The third-order valence-electron chi connectivity index (χ3n) is 5.28. The molecule has 0 aliphatic carbocycles. The SMILES string of the molecule is COCCN1Cc2cc3c(CC(C)C(=O)O)c(C)n(C)c3cc2C1. The maximum absolute atomic E-state index is 11.3. The second-order valence-electron chi connectivity index (χ2n) is 6.91. The molecule has 0 bridgehead atoms. The van der Waals surface area contributed by atoms with Crippen molar-refractivity contribution in [1.29, 1.82) is 0 Å². The molecule has 0 saturated carbocycles. The van der Waals surface area contributed by atoms with Crippen LogP contribution in [0.2, 0.25) is 0 Å². The van der Waals surface area contributed by atoms with Gasteiger partial charge < -0.3 is 14.4 Å². The molecule has 3 rings (SSSR count). The highest BCUT2D eigenvalue weighted by Gasteiger charge is 2.23. The minimum absolute atomic E-state index is 0.374. The van der Waals surface area contributed by atoms with Crippen molar-refractivity contribution in [3.8, 4) is 0 Å². The molecule has 0 spiro atoms. The van der Waals surface area contributed by atoms with Gasteiger partial charge in [0.05, 0.1) is 12.5 Å². The smallest absolute Gasteiger partial charge is 0.306 e. The predicted molar refractivity (Wildman–Crippen MR) is 94.1 cm³/mol. The van der Waals surface area contributed by atoms with E-state index in [1.165, 1.54) is 27.6 Å². The minimum atomic E-state index is -0.738. The molecule has 24 heavy (non-hydrogen) atoms. The van der Waals surface area contributed by atoms with Crippen LogP contribution in [0.1, 0.15) is 29.3 Å². The molecule has 1 aliphatic rings. The molecule has 2 heterocycles. The Kier molecular flexibility index (Phi) is 4.65. The van der Waals surface area contributed by atoms with Crippen LogP contribution in [-0.4, -0.2) is 40.8 Å². The van der Waals surface area contributed by atoms with E-state index in [9.17, 15) is 9.90 Å². The zero-order chi connectivity index (χ0) is 17.4. The molecule has 1 N–H and O–H groups in total. The molecule has 5 nitrogen and oxygen atoms in total. The zero-order valence-corrected chi connectivity index (χ0v) is 14.9. The summed E-state index contributed by atoms with van der Waals surface area (Å²) in [6, 6.07) is 4.55. The monoisotopic (exact) mass is 330 g/mol. The number of aliphatic carboxylic acids is 1. The van der Waals surface area contributed by atoms with Gasteiger partial charge in [-0.1, -0.05) is 6.92 Å². The first-order valence-electron chi connectivity index (χ1n) is 8.46. The number of benzene rings is 1. The summed E-state index contributed by atoms with van der Waals surface area (Å²) in [7, 11) is 3.80. The second kappa shape index (κ2) is 6.57. The summed E-state index contributed by atoms with van der Waals surface area (Å²) < 4.78 is 7.38. The number of fused-ring (bicyclic) bond motifs is 2. The van der Waals surface area contributed by atoms with Crippen molar-refractivity contribution in [3.05, 3.63) is 34.5 Å². The molecule has 0 saturated heterocycles. The molecule has 0 radical (unpaired) electrons. The van der Waals surface area contributed by atoms with Gasteiger partial charge in [-0.05, 0) is 42.2 Å². The summed E-state index contributed by atoms with van der Waals surface area (Å²) in [6.45, 7) is 7.44. The Hall–Kier alpha value is -1.85. The average molecular weight is 330 g/mol. The van der Waals surface area contributed by atoms with E-state index in [1.54, 1.807) is 14.0 Å². The first-order chi connectivity index (χ1) is 11.4. The van der Waals surface area contributed by atoms with Gasteiger partial charge in [-0.25, -0.2) is 0 Å². The Labute approximate surface area is 142 Å². The number of aromatic nitrogens is 1. The van der Waals surface area contributed by atoms with E-state index in [4.69, 9.17) is 4.74 Å². The van der Waals surface area contributed by atoms with E-state index >= 15 is 0 Å². The van der Waals surface area contributed by atoms with Gasteiger partial charge in [-0.3, -0.25) is 9.69 Å². The van der Waals surface area contributed by atoms with Crippen LogP contribution in [0, 0.1) is 12.8 Å². The summed E-state index contributed by atoms with van der Waals surface area (Å²) in [6.07, 6.45) is 0.574. The van der Waals surface area contributed by atoms with E-state index in [1.807, 2.05) is 0 Å². The molecular formula is C19H26N2O3. The fourth-order valence-electron chi connectivity index (χ4n) is 3.64. The quantitative estimate of drug-likeness (QED) is 0.885. The molecule has 130 valence electrons. The van der Waals surface area contributed by atoms with Crippen molar-refractivity contribution in [1.82, 2.24) is 9.47 Å². The van der Waals surface area contributed by atoms with Gasteiger partial charge >= 0.3 is 5.97 Å². The lowest BCUT2D eigenvalue weighted by atomic mass is 9.97. The fraction of sp³-hybridized carbons (Fsp3) is 0.526. The number of carbonyl (C=O) groups is 1. The van der Waals surface area contributed by atoms with Gasteiger partial charge in [0, 0.05) is 50.4 Å². The number of nitrogens with zero attached hydrogens (tertiary/aromatic N) is 2. The highest BCUT2D eigenvalue weighted by Crippen LogP contribution is 2.33. The molecule has 1 atom stereocenters. The highest BCUT2D eigenvalue weighted by molar-refractivity contribution is 5.88. The number of carboxylic acid groups (broad SMARTS) is 1. The fourth-order valence-corrected chi connectivity index (χ4v) is 3.64. The predicted octanol–water partition coefficient (Wildman–Crippen LogP) is 2.71. The maximum atomic E-state index is 11.3. The van der Waals surface area contributed by atoms with Gasteiger partial charge in [-0.2, -0.15) is 0 Å². The van der Waals surface area contributed by atoms with E-state index < -0.39 is 5.97 Å². The highest BCUT2D eigenvalue weighted by atomic mass is 16.5. The van der Waals surface area contributed by atoms with Crippen LogP contribution in [0.15, 0.2) is 12.1 Å². The summed E-state index contributed by atoms with van der Waals surface area (Å²) in [5.41, 5.74) is 6.26. The van der Waals surface area contributed by atoms with Crippen LogP contribution in [0.3, 0.4) is 0 Å². The van der Waals surface area contributed by atoms with Gasteiger partial charge in [0.1, 0.15) is 0 Å². The summed E-state index contributed by atoms with van der Waals surface area (Å²) in [4.78, 5) is 13.7. The number of methoxy groups -OCH3 is 1. The Bertz CT molecular complexity index is 779. The first kappa shape index (κ1) is 17.0. The van der Waals surface area contributed by atoms with E-state index in [2.05, 4.69) is 35.6 Å². The first-order valence-corrected chi connectivity index (χ1v) is 8.46. The average Bonchev–Trinajstić information content (AvgIpc) is 3.05. The molecule has 1 aromatic heterocycles. The molecular weight excluding hydrogens is 304 g/mol. The lowest BCUT2D eigenvalue weighted by Crippen LogP contribution is -2.21. The third-order valence-corrected chi connectivity index (χ3v) is 5.28. The molecule has 0 fully saturated rings. The van der Waals surface area contributed by atoms with Gasteiger partial charge in [0.25, 0.3) is 0 Å². The minimum Gasteiger partial charge on any atom is -0.481 e. The molecule has 1 aliphatic heterocycles. The molecule has 1 unspecified atom stereocenters. The van der Waals surface area contributed by atoms with Crippen molar-refractivity contribution >= 4 is 16.9 Å². The van der Waals surface area contributed by atoms with E-state index in [-0.39, 0.29) is 5.92 Å². The Balaban J connectivity index is 1.98. The van der Waals surface area contributed by atoms with E-state index in [0.29, 0.717) is 6.42 Å². The standard InChI is InChI=1S/C19H26N2O3/c1-12(19(22)23)7-16-13(2)20(3)18-9-15-11-21(5-6-24-4)10-14(15)8-17(16)18/h8-9,12H,5-7,10-11H2,1-4H3,(H,22,23). The molecule has 2 aromatic rings. The zero-order valence-electron chi connectivity index (χ0n) is 14.9. The number of aryl methyl sites for hydroxylation is 1. The largest absolute Gasteiger partial charge is 0.481 e. The molecule has 5 heteroatoms.